The predicted molar refractivity (Wildman–Crippen MR) is 131 cm³/mol. The van der Waals surface area contributed by atoms with E-state index in [1.54, 1.807) is 17.4 Å². The minimum absolute atomic E-state index is 0.00999. The Morgan fingerprint density at radius 1 is 1.22 bits per heavy atom. The molecule has 1 atom stereocenters. The van der Waals surface area contributed by atoms with Crippen molar-refractivity contribution in [1.82, 2.24) is 20.4 Å². The molecule has 1 N–H and O–H groups in total. The molecular formula is C25H34F3N5O2S. The van der Waals surface area contributed by atoms with Crippen LogP contribution in [0.1, 0.15) is 60.6 Å². The SMILES string of the molecule is Cc1cc(CC(=O)NC2CCC(CCN3CCc4sc(N5CCC(C(F)(F)F)C5)nc4C3)CC2)on1. The van der Waals surface area contributed by atoms with Crippen molar-refractivity contribution in [1.29, 1.82) is 0 Å². The maximum absolute atomic E-state index is 13.1. The van der Waals surface area contributed by atoms with E-state index in [1.807, 2.05) is 11.8 Å². The van der Waals surface area contributed by atoms with Crippen LogP contribution in [-0.2, 0) is 24.2 Å². The number of alkyl halides is 3. The van der Waals surface area contributed by atoms with Crippen LogP contribution in [0.15, 0.2) is 10.6 Å². The Hall–Kier alpha value is -2.14. The van der Waals surface area contributed by atoms with Crippen LogP contribution in [0.4, 0.5) is 18.3 Å². The lowest BCUT2D eigenvalue weighted by Gasteiger charge is -2.32. The molecule has 198 valence electrons. The summed E-state index contributed by atoms with van der Waals surface area (Å²) in [6.45, 7) is 5.08. The topological polar surface area (TPSA) is 74.5 Å². The minimum Gasteiger partial charge on any atom is -0.361 e. The van der Waals surface area contributed by atoms with Crippen molar-refractivity contribution in [2.75, 3.05) is 31.1 Å². The number of amides is 1. The van der Waals surface area contributed by atoms with Crippen molar-refractivity contribution in [3.05, 3.63) is 28.1 Å². The van der Waals surface area contributed by atoms with Crippen LogP contribution in [0.5, 0.6) is 0 Å². The van der Waals surface area contributed by atoms with Gasteiger partial charge >= 0.3 is 6.18 Å². The number of nitrogens with zero attached hydrogens (tertiary/aromatic N) is 4. The number of hydrogen-bond acceptors (Lipinski definition) is 7. The highest BCUT2D eigenvalue weighted by molar-refractivity contribution is 7.15. The van der Waals surface area contributed by atoms with Crippen LogP contribution in [-0.4, -0.2) is 59.3 Å². The third kappa shape index (κ3) is 6.22. The molecule has 7 nitrogen and oxygen atoms in total. The van der Waals surface area contributed by atoms with Crippen molar-refractivity contribution in [2.45, 2.75) is 77.1 Å². The quantitative estimate of drug-likeness (QED) is 0.574. The Balaban J connectivity index is 1.03. The molecule has 1 amide bonds. The molecule has 5 rings (SSSR count). The van der Waals surface area contributed by atoms with Gasteiger partial charge in [0.1, 0.15) is 5.76 Å². The fourth-order valence-corrected chi connectivity index (χ4v) is 6.76. The summed E-state index contributed by atoms with van der Waals surface area (Å²) in [6.07, 6.45) is 2.55. The molecule has 0 radical (unpaired) electrons. The van der Waals surface area contributed by atoms with Gasteiger partial charge < -0.3 is 14.7 Å². The van der Waals surface area contributed by atoms with Gasteiger partial charge in [0.15, 0.2) is 5.13 Å². The van der Waals surface area contributed by atoms with Crippen LogP contribution in [0, 0.1) is 18.8 Å². The second kappa shape index (κ2) is 10.7. The Morgan fingerprint density at radius 2 is 2.03 bits per heavy atom. The van der Waals surface area contributed by atoms with E-state index in [4.69, 9.17) is 9.51 Å². The molecule has 0 spiro atoms. The first-order chi connectivity index (χ1) is 17.2. The average molecular weight is 526 g/mol. The molecule has 1 aliphatic carbocycles. The molecular weight excluding hydrogens is 491 g/mol. The van der Waals surface area contributed by atoms with Gasteiger partial charge in [-0.3, -0.25) is 9.69 Å². The molecule has 3 aliphatic rings. The fourth-order valence-electron chi connectivity index (χ4n) is 5.66. The van der Waals surface area contributed by atoms with Crippen LogP contribution in [0.2, 0.25) is 0 Å². The van der Waals surface area contributed by atoms with Crippen LogP contribution >= 0.6 is 11.3 Å². The molecule has 0 bridgehead atoms. The highest BCUT2D eigenvalue weighted by Crippen LogP contribution is 2.38. The zero-order valence-corrected chi connectivity index (χ0v) is 21.5. The van der Waals surface area contributed by atoms with Gasteiger partial charge in [-0.15, -0.1) is 11.3 Å². The smallest absolute Gasteiger partial charge is 0.361 e. The van der Waals surface area contributed by atoms with Crippen LogP contribution in [0.3, 0.4) is 0 Å². The van der Waals surface area contributed by atoms with Gasteiger partial charge in [-0.25, -0.2) is 4.98 Å². The van der Waals surface area contributed by atoms with Crippen molar-refractivity contribution >= 4 is 22.4 Å². The molecule has 1 saturated carbocycles. The van der Waals surface area contributed by atoms with E-state index in [0.717, 1.165) is 74.7 Å². The van der Waals surface area contributed by atoms with Crippen LogP contribution in [0.25, 0.3) is 0 Å². The van der Waals surface area contributed by atoms with Gasteiger partial charge in [0.25, 0.3) is 0 Å². The Kier molecular flexibility index (Phi) is 7.57. The number of hydrogen-bond donors (Lipinski definition) is 1. The zero-order valence-electron chi connectivity index (χ0n) is 20.6. The first-order valence-electron chi connectivity index (χ1n) is 13.0. The minimum atomic E-state index is -4.12. The number of fused-ring (bicyclic) bond motifs is 1. The van der Waals surface area contributed by atoms with Gasteiger partial charge in [-0.1, -0.05) is 5.16 Å². The first kappa shape index (κ1) is 25.5. The number of aryl methyl sites for hydroxylation is 1. The van der Waals surface area contributed by atoms with Crippen molar-refractivity contribution in [2.24, 2.45) is 11.8 Å². The maximum Gasteiger partial charge on any atom is 0.393 e. The largest absolute Gasteiger partial charge is 0.393 e. The first-order valence-corrected chi connectivity index (χ1v) is 13.8. The number of aromatic nitrogens is 2. The van der Waals surface area contributed by atoms with E-state index in [9.17, 15) is 18.0 Å². The number of thiazole rings is 1. The highest BCUT2D eigenvalue weighted by atomic mass is 32.1. The van der Waals surface area contributed by atoms with E-state index in [1.165, 1.54) is 4.88 Å². The van der Waals surface area contributed by atoms with Gasteiger partial charge in [-0.2, -0.15) is 13.2 Å². The van der Waals surface area contributed by atoms with Gasteiger partial charge in [0.2, 0.25) is 5.91 Å². The van der Waals surface area contributed by atoms with Crippen molar-refractivity contribution < 1.29 is 22.5 Å². The summed E-state index contributed by atoms with van der Waals surface area (Å²) >= 11 is 1.58. The third-order valence-corrected chi connectivity index (χ3v) is 9.01. The standard InChI is InChI=1S/C25H34F3N5O2S/c1-16-12-20(35-31-16)13-23(34)29-19-4-2-17(3-5-19)6-9-32-10-8-22-21(15-32)30-24(36-22)33-11-7-18(14-33)25(26,27)28/h12,17-19H,2-11,13-15H2,1H3,(H,29,34). The lowest BCUT2D eigenvalue weighted by molar-refractivity contribution is -0.168. The number of nitrogens with one attached hydrogen (secondary N) is 1. The molecule has 36 heavy (non-hydrogen) atoms. The average Bonchev–Trinajstić information content (AvgIpc) is 3.57. The Labute approximate surface area is 213 Å². The maximum atomic E-state index is 13.1. The Bertz CT molecular complexity index is 1050. The molecule has 1 unspecified atom stereocenters. The van der Waals surface area contributed by atoms with E-state index < -0.39 is 12.1 Å². The fraction of sp³-hybridized carbons (Fsp3) is 0.720. The van der Waals surface area contributed by atoms with E-state index in [-0.39, 0.29) is 31.3 Å². The normalized spacial score (nSPS) is 25.2. The molecule has 2 aliphatic heterocycles. The molecule has 2 fully saturated rings. The number of halogens is 3. The molecule has 2 aromatic rings. The summed E-state index contributed by atoms with van der Waals surface area (Å²) in [7, 11) is 0. The van der Waals surface area contributed by atoms with E-state index in [0.29, 0.717) is 18.2 Å². The summed E-state index contributed by atoms with van der Waals surface area (Å²) in [4.78, 5) is 22.5. The monoisotopic (exact) mass is 525 g/mol. The third-order valence-electron chi connectivity index (χ3n) is 7.79. The lowest BCUT2D eigenvalue weighted by atomic mass is 9.84. The number of anilines is 1. The summed E-state index contributed by atoms with van der Waals surface area (Å²) in [6, 6.07) is 2.02. The van der Waals surface area contributed by atoms with Gasteiger partial charge in [0.05, 0.1) is 23.7 Å². The van der Waals surface area contributed by atoms with E-state index in [2.05, 4.69) is 15.4 Å². The molecule has 0 aromatic carbocycles. The Morgan fingerprint density at radius 3 is 2.72 bits per heavy atom. The second-order valence-corrected chi connectivity index (χ2v) is 11.6. The number of carbonyl (C=O) groups is 1. The van der Waals surface area contributed by atoms with Crippen LogP contribution < -0.4 is 10.2 Å². The molecule has 2 aromatic heterocycles. The van der Waals surface area contributed by atoms with Crippen molar-refractivity contribution in [3.8, 4) is 0 Å². The molecule has 4 heterocycles. The van der Waals surface area contributed by atoms with Crippen molar-refractivity contribution in [3.63, 3.8) is 0 Å². The zero-order chi connectivity index (χ0) is 25.3. The predicted octanol–water partition coefficient (Wildman–Crippen LogP) is 4.49. The number of rotatable bonds is 7. The lowest BCUT2D eigenvalue weighted by Crippen LogP contribution is -2.39. The molecule has 11 heteroatoms. The highest BCUT2D eigenvalue weighted by Gasteiger charge is 2.44. The summed E-state index contributed by atoms with van der Waals surface area (Å²) in [5, 5.41) is 7.72. The van der Waals surface area contributed by atoms with Gasteiger partial charge in [0, 0.05) is 43.2 Å². The second-order valence-electron chi connectivity index (χ2n) is 10.6. The molecule has 1 saturated heterocycles. The number of carbonyl (C=O) groups excluding carboxylic acids is 1. The summed E-state index contributed by atoms with van der Waals surface area (Å²) in [5.41, 5.74) is 1.83. The van der Waals surface area contributed by atoms with Gasteiger partial charge in [-0.05, 0) is 64.3 Å². The summed E-state index contributed by atoms with van der Waals surface area (Å²) < 4.78 is 44.3. The summed E-state index contributed by atoms with van der Waals surface area (Å²) in [5.74, 6) is 0.00744. The van der Waals surface area contributed by atoms with E-state index >= 15 is 0 Å².